The number of aryl methyl sites for hydroxylation is 1. The minimum atomic E-state index is -4.32. The molecule has 0 radical (unpaired) electrons. The lowest BCUT2D eigenvalue weighted by Gasteiger charge is -2.10. The first-order chi connectivity index (χ1) is 9.90. The van der Waals surface area contributed by atoms with Crippen LogP contribution in [-0.4, -0.2) is 39.8 Å². The number of nitrogens with zero attached hydrogens (tertiary/aromatic N) is 3. The van der Waals surface area contributed by atoms with Gasteiger partial charge in [0.05, 0.1) is 6.61 Å². The van der Waals surface area contributed by atoms with Crippen molar-refractivity contribution in [2.75, 3.05) is 19.1 Å². The quantitative estimate of drug-likeness (QED) is 0.563. The van der Waals surface area contributed by atoms with E-state index in [1.54, 1.807) is 16.8 Å². The Kier molecular flexibility index (Phi) is 5.45. The van der Waals surface area contributed by atoms with Gasteiger partial charge < -0.3 is 9.30 Å². The zero-order valence-corrected chi connectivity index (χ0v) is 13.2. The number of ether oxygens (including phenoxy) is 1. The van der Waals surface area contributed by atoms with E-state index in [2.05, 4.69) is 30.6 Å². The van der Waals surface area contributed by atoms with E-state index in [0.717, 1.165) is 4.47 Å². The molecule has 21 heavy (non-hydrogen) atoms. The Morgan fingerprint density at radius 1 is 1.38 bits per heavy atom. The predicted octanol–water partition coefficient (Wildman–Crippen LogP) is 3.55. The van der Waals surface area contributed by atoms with Crippen LogP contribution >= 0.6 is 27.5 Å². The Bertz CT molecular complexity index is 618. The number of hydrogen-bond donors (Lipinski definition) is 0. The molecule has 116 valence electrons. The normalized spacial score (nSPS) is 12.2. The van der Waals surface area contributed by atoms with Crippen LogP contribution in [-0.2, 0) is 17.7 Å². The van der Waals surface area contributed by atoms with Crippen LogP contribution < -0.4 is 0 Å². The molecule has 0 aliphatic rings. The molecular weight excluding hydrogens is 375 g/mol. The number of pyridine rings is 1. The number of aromatic nitrogens is 3. The standard InChI is InChI=1S/C12H12BrClF3N3O/c13-8-5-9-11(18-6-8)20(10(19-9)1-2-14)3-4-21-7-12(15,16)17/h5-6H,1-4,7H2. The van der Waals surface area contributed by atoms with Gasteiger partial charge in [0.15, 0.2) is 5.65 Å². The van der Waals surface area contributed by atoms with Gasteiger partial charge >= 0.3 is 6.18 Å². The molecule has 0 aliphatic heterocycles. The van der Waals surface area contributed by atoms with Gasteiger partial charge in [0.25, 0.3) is 0 Å². The smallest absolute Gasteiger partial charge is 0.370 e. The van der Waals surface area contributed by atoms with Gasteiger partial charge in [-0.2, -0.15) is 13.2 Å². The van der Waals surface area contributed by atoms with Gasteiger partial charge in [-0.05, 0) is 22.0 Å². The SMILES string of the molecule is FC(F)(F)COCCn1c(CCCl)nc2cc(Br)cnc21. The highest BCUT2D eigenvalue weighted by molar-refractivity contribution is 9.10. The fraction of sp³-hybridized carbons (Fsp3) is 0.500. The molecule has 2 aromatic rings. The maximum Gasteiger partial charge on any atom is 0.411 e. The van der Waals surface area contributed by atoms with Gasteiger partial charge in [-0.25, -0.2) is 9.97 Å². The lowest BCUT2D eigenvalue weighted by molar-refractivity contribution is -0.174. The van der Waals surface area contributed by atoms with Gasteiger partial charge in [0.2, 0.25) is 0 Å². The van der Waals surface area contributed by atoms with Gasteiger partial charge in [-0.3, -0.25) is 0 Å². The lowest BCUT2D eigenvalue weighted by Crippen LogP contribution is -2.19. The van der Waals surface area contributed by atoms with E-state index >= 15 is 0 Å². The molecule has 0 saturated heterocycles. The number of hydrogen-bond acceptors (Lipinski definition) is 3. The van der Waals surface area contributed by atoms with E-state index in [0.29, 0.717) is 29.3 Å². The maximum atomic E-state index is 12.0. The number of halogens is 5. The number of rotatable bonds is 6. The fourth-order valence-corrected chi connectivity index (χ4v) is 2.38. The van der Waals surface area contributed by atoms with Crippen molar-refractivity contribution < 1.29 is 17.9 Å². The van der Waals surface area contributed by atoms with Gasteiger partial charge in [-0.1, -0.05) is 0 Å². The Hall–Kier alpha value is -0.860. The third-order valence-corrected chi connectivity index (χ3v) is 3.30. The summed E-state index contributed by atoms with van der Waals surface area (Å²) in [6, 6.07) is 1.80. The first-order valence-corrected chi connectivity index (χ1v) is 7.44. The van der Waals surface area contributed by atoms with Crippen LogP contribution in [0.5, 0.6) is 0 Å². The summed E-state index contributed by atoms with van der Waals surface area (Å²) in [5.74, 6) is 1.05. The third kappa shape index (κ3) is 4.55. The minimum absolute atomic E-state index is 0.0714. The summed E-state index contributed by atoms with van der Waals surface area (Å²) in [4.78, 5) is 8.64. The van der Waals surface area contributed by atoms with Crippen molar-refractivity contribution in [2.24, 2.45) is 0 Å². The van der Waals surface area contributed by atoms with Crippen molar-refractivity contribution in [2.45, 2.75) is 19.1 Å². The summed E-state index contributed by atoms with van der Waals surface area (Å²) in [7, 11) is 0. The molecule has 0 unspecified atom stereocenters. The number of alkyl halides is 4. The molecule has 0 amide bonds. The van der Waals surface area contributed by atoms with Crippen LogP contribution in [0.2, 0.25) is 0 Å². The van der Waals surface area contributed by atoms with Gasteiger partial charge in [0.1, 0.15) is 17.9 Å². The Balaban J connectivity index is 2.14. The van der Waals surface area contributed by atoms with E-state index in [1.165, 1.54) is 0 Å². The van der Waals surface area contributed by atoms with E-state index in [-0.39, 0.29) is 13.2 Å². The van der Waals surface area contributed by atoms with Crippen molar-refractivity contribution in [1.82, 2.24) is 14.5 Å². The molecule has 2 aromatic heterocycles. The van der Waals surface area contributed by atoms with Crippen LogP contribution in [0, 0.1) is 0 Å². The first kappa shape index (κ1) is 16.5. The zero-order valence-electron chi connectivity index (χ0n) is 10.8. The molecule has 4 nitrogen and oxygen atoms in total. The molecule has 0 aliphatic carbocycles. The summed E-state index contributed by atoms with van der Waals surface area (Å²) >= 11 is 9.03. The first-order valence-electron chi connectivity index (χ1n) is 6.12. The lowest BCUT2D eigenvalue weighted by atomic mass is 10.4. The van der Waals surface area contributed by atoms with Crippen molar-refractivity contribution in [1.29, 1.82) is 0 Å². The van der Waals surface area contributed by atoms with E-state index in [1.807, 2.05) is 0 Å². The topological polar surface area (TPSA) is 39.9 Å². The van der Waals surface area contributed by atoms with Crippen LogP contribution in [0.1, 0.15) is 5.82 Å². The van der Waals surface area contributed by atoms with Crippen molar-refractivity contribution in [3.8, 4) is 0 Å². The molecule has 9 heteroatoms. The molecule has 0 saturated carbocycles. The summed E-state index contributed by atoms with van der Waals surface area (Å²) < 4.78 is 43.3. The maximum absolute atomic E-state index is 12.0. The van der Waals surface area contributed by atoms with Crippen LogP contribution in [0.15, 0.2) is 16.7 Å². The van der Waals surface area contributed by atoms with Crippen LogP contribution in [0.3, 0.4) is 0 Å². The second-order valence-corrected chi connectivity index (χ2v) is 5.58. The monoisotopic (exact) mass is 385 g/mol. The highest BCUT2D eigenvalue weighted by Crippen LogP contribution is 2.19. The largest absolute Gasteiger partial charge is 0.411 e. The van der Waals surface area contributed by atoms with E-state index in [4.69, 9.17) is 11.6 Å². The van der Waals surface area contributed by atoms with E-state index < -0.39 is 12.8 Å². The fourth-order valence-electron chi connectivity index (χ4n) is 1.89. The second-order valence-electron chi connectivity index (χ2n) is 4.28. The highest BCUT2D eigenvalue weighted by atomic mass is 79.9. The van der Waals surface area contributed by atoms with Crippen molar-refractivity contribution >= 4 is 38.7 Å². The molecule has 2 rings (SSSR count). The summed E-state index contributed by atoms with van der Waals surface area (Å²) in [6.45, 7) is -1.09. The number of fused-ring (bicyclic) bond motifs is 1. The van der Waals surface area contributed by atoms with Gasteiger partial charge in [-0.15, -0.1) is 11.6 Å². The summed E-state index contributed by atoms with van der Waals surface area (Å²) in [5.41, 5.74) is 1.27. The molecular formula is C12H12BrClF3N3O. The molecule has 0 spiro atoms. The summed E-state index contributed by atoms with van der Waals surface area (Å²) in [6.07, 6.45) is -2.20. The number of imidazole rings is 1. The predicted molar refractivity (Wildman–Crippen MR) is 76.5 cm³/mol. The third-order valence-electron chi connectivity index (χ3n) is 2.67. The van der Waals surface area contributed by atoms with Crippen molar-refractivity contribution in [3.05, 3.63) is 22.6 Å². The van der Waals surface area contributed by atoms with Crippen molar-refractivity contribution in [3.63, 3.8) is 0 Å². The Labute approximate surface area is 132 Å². The second kappa shape index (κ2) is 6.93. The molecule has 0 N–H and O–H groups in total. The van der Waals surface area contributed by atoms with Crippen LogP contribution in [0.25, 0.3) is 11.2 Å². The molecule has 0 aromatic carbocycles. The van der Waals surface area contributed by atoms with Crippen LogP contribution in [0.4, 0.5) is 13.2 Å². The molecule has 0 bridgehead atoms. The summed E-state index contributed by atoms with van der Waals surface area (Å²) in [5, 5.41) is 0. The van der Waals surface area contributed by atoms with Gasteiger partial charge in [0, 0.05) is 29.5 Å². The molecule has 0 fully saturated rings. The zero-order chi connectivity index (χ0) is 15.5. The average molecular weight is 387 g/mol. The average Bonchev–Trinajstić information content (AvgIpc) is 2.71. The highest BCUT2D eigenvalue weighted by Gasteiger charge is 2.27. The Morgan fingerprint density at radius 2 is 2.14 bits per heavy atom. The Morgan fingerprint density at radius 3 is 2.81 bits per heavy atom. The molecule has 2 heterocycles. The minimum Gasteiger partial charge on any atom is -0.370 e. The molecule has 0 atom stereocenters. The van der Waals surface area contributed by atoms with E-state index in [9.17, 15) is 13.2 Å².